The minimum absolute atomic E-state index is 0.0883. The van der Waals surface area contributed by atoms with Gasteiger partial charge in [0.1, 0.15) is 0 Å². The first-order valence-electron chi connectivity index (χ1n) is 7.67. The first-order valence-corrected chi connectivity index (χ1v) is 7.67. The molecule has 0 saturated heterocycles. The minimum Gasteiger partial charge on any atom is -0.385 e. The van der Waals surface area contributed by atoms with Gasteiger partial charge in [-0.15, -0.1) is 0 Å². The summed E-state index contributed by atoms with van der Waals surface area (Å²) < 4.78 is 0. The molecule has 0 bridgehead atoms. The Morgan fingerprint density at radius 2 is 1.74 bits per heavy atom. The Labute approximate surface area is 117 Å². The molecule has 0 heterocycles. The molecular weight excluding hydrogens is 232 g/mol. The van der Waals surface area contributed by atoms with Crippen molar-refractivity contribution in [1.29, 1.82) is 0 Å². The summed E-state index contributed by atoms with van der Waals surface area (Å²) in [7, 11) is 0. The van der Waals surface area contributed by atoms with E-state index >= 15 is 0 Å². The van der Waals surface area contributed by atoms with Crippen molar-refractivity contribution in [2.24, 2.45) is 5.73 Å². The maximum absolute atomic E-state index is 5.98. The molecular formula is C17H28N2. The third-order valence-corrected chi connectivity index (χ3v) is 4.09. The molecule has 1 saturated carbocycles. The number of benzene rings is 1. The van der Waals surface area contributed by atoms with E-state index in [1.54, 1.807) is 0 Å². The third kappa shape index (κ3) is 4.87. The largest absolute Gasteiger partial charge is 0.385 e. The minimum atomic E-state index is -0.0883. The lowest BCUT2D eigenvalue weighted by atomic mass is 9.84. The Morgan fingerprint density at radius 3 is 2.32 bits per heavy atom. The van der Waals surface area contributed by atoms with Gasteiger partial charge in [0.2, 0.25) is 0 Å². The van der Waals surface area contributed by atoms with Crippen LogP contribution in [0.3, 0.4) is 0 Å². The summed E-state index contributed by atoms with van der Waals surface area (Å²) >= 11 is 0. The number of anilines is 1. The smallest absolute Gasteiger partial charge is 0.0340 e. The molecule has 0 aliphatic heterocycles. The van der Waals surface area contributed by atoms with Crippen molar-refractivity contribution in [2.45, 2.75) is 63.8 Å². The molecule has 2 nitrogen and oxygen atoms in total. The van der Waals surface area contributed by atoms with E-state index in [-0.39, 0.29) is 5.54 Å². The van der Waals surface area contributed by atoms with Gasteiger partial charge in [0.25, 0.3) is 0 Å². The highest BCUT2D eigenvalue weighted by Crippen LogP contribution is 2.32. The predicted molar refractivity (Wildman–Crippen MR) is 83.6 cm³/mol. The summed E-state index contributed by atoms with van der Waals surface area (Å²) in [5, 5.41) is 3.45. The second-order valence-corrected chi connectivity index (χ2v) is 6.62. The average Bonchev–Trinajstić information content (AvgIpc) is 2.39. The normalized spacial score (nSPS) is 17.4. The molecule has 106 valence electrons. The molecule has 3 N–H and O–H groups in total. The lowest BCUT2D eigenvalue weighted by Crippen LogP contribution is -2.34. The van der Waals surface area contributed by atoms with Gasteiger partial charge in [0, 0.05) is 17.8 Å². The molecule has 1 aliphatic rings. The lowest BCUT2D eigenvalue weighted by molar-refractivity contribution is 0.443. The van der Waals surface area contributed by atoms with E-state index in [4.69, 9.17) is 5.73 Å². The SMILES string of the molecule is CC(C)(N)CCNc1ccc(C2CCCCC2)cc1. The molecule has 0 amide bonds. The molecule has 2 heteroatoms. The Bertz CT molecular complexity index is 369. The van der Waals surface area contributed by atoms with Gasteiger partial charge in [-0.2, -0.15) is 0 Å². The van der Waals surface area contributed by atoms with Crippen LogP contribution in [0, 0.1) is 0 Å². The van der Waals surface area contributed by atoms with E-state index < -0.39 is 0 Å². The van der Waals surface area contributed by atoms with Crippen LogP contribution in [0.1, 0.15) is 63.9 Å². The molecule has 0 unspecified atom stereocenters. The summed E-state index contributed by atoms with van der Waals surface area (Å²) in [4.78, 5) is 0. The fraction of sp³-hybridized carbons (Fsp3) is 0.647. The van der Waals surface area contributed by atoms with Gasteiger partial charge in [-0.1, -0.05) is 31.4 Å². The van der Waals surface area contributed by atoms with Gasteiger partial charge in [-0.05, 0) is 56.7 Å². The molecule has 0 spiro atoms. The molecule has 1 aliphatic carbocycles. The quantitative estimate of drug-likeness (QED) is 0.829. The second kappa shape index (κ2) is 6.42. The van der Waals surface area contributed by atoms with Crippen molar-refractivity contribution in [1.82, 2.24) is 0 Å². The maximum Gasteiger partial charge on any atom is 0.0340 e. The number of hydrogen-bond acceptors (Lipinski definition) is 2. The van der Waals surface area contributed by atoms with Crippen LogP contribution in [0.2, 0.25) is 0 Å². The Morgan fingerprint density at radius 1 is 1.11 bits per heavy atom. The summed E-state index contributed by atoms with van der Waals surface area (Å²) in [6.07, 6.45) is 7.94. The average molecular weight is 260 g/mol. The summed E-state index contributed by atoms with van der Waals surface area (Å²) in [5.41, 5.74) is 8.62. The monoisotopic (exact) mass is 260 g/mol. The van der Waals surface area contributed by atoms with Gasteiger partial charge >= 0.3 is 0 Å². The lowest BCUT2D eigenvalue weighted by Gasteiger charge is -2.22. The van der Waals surface area contributed by atoms with Gasteiger partial charge in [0.05, 0.1) is 0 Å². The van der Waals surface area contributed by atoms with E-state index in [0.29, 0.717) is 0 Å². The molecule has 1 aromatic rings. The van der Waals surface area contributed by atoms with E-state index in [1.165, 1.54) is 43.4 Å². The molecule has 19 heavy (non-hydrogen) atoms. The van der Waals surface area contributed by atoms with Crippen LogP contribution in [0.4, 0.5) is 5.69 Å². The zero-order valence-corrected chi connectivity index (χ0v) is 12.4. The van der Waals surface area contributed by atoms with E-state index in [9.17, 15) is 0 Å². The summed E-state index contributed by atoms with van der Waals surface area (Å²) in [5.74, 6) is 0.797. The van der Waals surface area contributed by atoms with Crippen molar-refractivity contribution in [2.75, 3.05) is 11.9 Å². The van der Waals surface area contributed by atoms with Crippen LogP contribution in [0.25, 0.3) is 0 Å². The summed E-state index contributed by atoms with van der Waals surface area (Å²) in [6.45, 7) is 5.08. The van der Waals surface area contributed by atoms with Crippen molar-refractivity contribution < 1.29 is 0 Å². The molecule has 1 aromatic carbocycles. The zero-order chi connectivity index (χ0) is 13.7. The number of nitrogens with one attached hydrogen (secondary N) is 1. The standard InChI is InChI=1S/C17H28N2/c1-17(2,18)12-13-19-16-10-8-15(9-11-16)14-6-4-3-5-7-14/h8-11,14,19H,3-7,12-13,18H2,1-2H3. The fourth-order valence-corrected chi connectivity index (χ4v) is 2.84. The van der Waals surface area contributed by atoms with Gasteiger partial charge in [-0.3, -0.25) is 0 Å². The van der Waals surface area contributed by atoms with Crippen LogP contribution in [0.5, 0.6) is 0 Å². The van der Waals surface area contributed by atoms with E-state index in [0.717, 1.165) is 18.9 Å². The highest BCUT2D eigenvalue weighted by molar-refractivity contribution is 5.45. The third-order valence-electron chi connectivity index (χ3n) is 4.09. The Kier molecular flexibility index (Phi) is 4.87. The van der Waals surface area contributed by atoms with Gasteiger partial charge in [-0.25, -0.2) is 0 Å². The Hall–Kier alpha value is -1.02. The molecule has 0 aromatic heterocycles. The molecule has 1 fully saturated rings. The van der Waals surface area contributed by atoms with Crippen LogP contribution < -0.4 is 11.1 Å². The second-order valence-electron chi connectivity index (χ2n) is 6.62. The van der Waals surface area contributed by atoms with Crippen molar-refractivity contribution >= 4 is 5.69 Å². The fourth-order valence-electron chi connectivity index (χ4n) is 2.84. The van der Waals surface area contributed by atoms with Crippen LogP contribution >= 0.6 is 0 Å². The highest BCUT2D eigenvalue weighted by Gasteiger charge is 2.15. The number of rotatable bonds is 5. The highest BCUT2D eigenvalue weighted by atomic mass is 14.9. The topological polar surface area (TPSA) is 38.0 Å². The molecule has 0 atom stereocenters. The molecule has 0 radical (unpaired) electrons. The van der Waals surface area contributed by atoms with Crippen molar-refractivity contribution in [3.8, 4) is 0 Å². The molecule has 2 rings (SSSR count). The van der Waals surface area contributed by atoms with E-state index in [1.807, 2.05) is 0 Å². The van der Waals surface area contributed by atoms with Crippen LogP contribution in [-0.4, -0.2) is 12.1 Å². The zero-order valence-electron chi connectivity index (χ0n) is 12.4. The maximum atomic E-state index is 5.98. The van der Waals surface area contributed by atoms with Crippen molar-refractivity contribution in [3.05, 3.63) is 29.8 Å². The van der Waals surface area contributed by atoms with Crippen molar-refractivity contribution in [3.63, 3.8) is 0 Å². The predicted octanol–water partition coefficient (Wildman–Crippen LogP) is 4.27. The first kappa shape index (κ1) is 14.4. The summed E-state index contributed by atoms with van der Waals surface area (Å²) in [6, 6.07) is 9.03. The van der Waals surface area contributed by atoms with E-state index in [2.05, 4.69) is 43.4 Å². The first-order chi connectivity index (χ1) is 9.04. The van der Waals surface area contributed by atoms with Crippen LogP contribution in [-0.2, 0) is 0 Å². The number of hydrogen-bond donors (Lipinski definition) is 2. The van der Waals surface area contributed by atoms with Gasteiger partial charge < -0.3 is 11.1 Å². The number of nitrogens with two attached hydrogens (primary N) is 1. The Balaban J connectivity index is 1.84. The van der Waals surface area contributed by atoms with Gasteiger partial charge in [0.15, 0.2) is 0 Å². The van der Waals surface area contributed by atoms with Crippen LogP contribution in [0.15, 0.2) is 24.3 Å².